The minimum Gasteiger partial charge on any atom is -0.268 e. The summed E-state index contributed by atoms with van der Waals surface area (Å²) in [7, 11) is 0. The highest BCUT2D eigenvalue weighted by molar-refractivity contribution is 6.42. The van der Waals surface area contributed by atoms with Crippen LogP contribution in [0.15, 0.2) is 54.7 Å². The molecule has 1 aliphatic rings. The van der Waals surface area contributed by atoms with E-state index in [0.29, 0.717) is 33.9 Å². The van der Waals surface area contributed by atoms with Crippen molar-refractivity contribution in [2.24, 2.45) is 0 Å². The molecule has 0 saturated carbocycles. The first-order chi connectivity index (χ1) is 14.5. The summed E-state index contributed by atoms with van der Waals surface area (Å²) in [5, 5.41) is 5.79. The Morgan fingerprint density at radius 2 is 1.77 bits per heavy atom. The molecule has 0 radical (unpaired) electrons. The largest absolute Gasteiger partial charge is 0.268 e. The maximum absolute atomic E-state index is 13.3. The van der Waals surface area contributed by atoms with E-state index >= 15 is 0 Å². The van der Waals surface area contributed by atoms with Gasteiger partial charge in [-0.05, 0) is 30.7 Å². The first-order valence-electron chi connectivity index (χ1n) is 9.19. The van der Waals surface area contributed by atoms with Crippen LogP contribution >= 0.6 is 23.2 Å². The number of halogens is 2. The van der Waals surface area contributed by atoms with Gasteiger partial charge in [-0.3, -0.25) is 9.59 Å². The van der Waals surface area contributed by atoms with Gasteiger partial charge in [-0.15, -0.1) is 0 Å². The second kappa shape index (κ2) is 6.93. The number of pyridine rings is 1. The molecule has 2 aromatic heterocycles. The zero-order valence-corrected chi connectivity index (χ0v) is 17.3. The third-order valence-electron chi connectivity index (χ3n) is 5.11. The van der Waals surface area contributed by atoms with Gasteiger partial charge in [0.05, 0.1) is 39.5 Å². The number of imide groups is 1. The fourth-order valence-corrected chi connectivity index (χ4v) is 4.27. The zero-order chi connectivity index (χ0) is 21.0. The Hall–Kier alpha value is -3.22. The van der Waals surface area contributed by atoms with Crippen LogP contribution in [0.1, 0.15) is 32.0 Å². The van der Waals surface area contributed by atoms with Crippen LogP contribution in [0.2, 0.25) is 10.0 Å². The number of hydrogen-bond donors (Lipinski definition) is 0. The number of benzene rings is 2. The molecule has 2 amide bonds. The number of amides is 2. The van der Waals surface area contributed by atoms with E-state index in [1.54, 1.807) is 16.8 Å². The molecule has 0 bridgehead atoms. The molecule has 0 unspecified atom stereocenters. The Morgan fingerprint density at radius 1 is 1.00 bits per heavy atom. The predicted molar refractivity (Wildman–Crippen MR) is 115 cm³/mol. The highest BCUT2D eigenvalue weighted by Gasteiger charge is 2.40. The van der Waals surface area contributed by atoms with E-state index in [9.17, 15) is 9.59 Å². The quantitative estimate of drug-likeness (QED) is 0.428. The van der Waals surface area contributed by atoms with Gasteiger partial charge >= 0.3 is 0 Å². The van der Waals surface area contributed by atoms with E-state index < -0.39 is 11.8 Å². The lowest BCUT2D eigenvalue weighted by Gasteiger charge is -2.15. The molecule has 0 spiro atoms. The van der Waals surface area contributed by atoms with E-state index in [1.807, 2.05) is 37.3 Å². The van der Waals surface area contributed by atoms with Gasteiger partial charge in [0.2, 0.25) is 0 Å². The van der Waals surface area contributed by atoms with Crippen molar-refractivity contribution in [2.75, 3.05) is 4.90 Å². The maximum atomic E-state index is 13.3. The van der Waals surface area contributed by atoms with Crippen LogP contribution in [0.4, 0.5) is 5.69 Å². The Bertz CT molecular complexity index is 1350. The second-order valence-electron chi connectivity index (χ2n) is 7.02. The van der Waals surface area contributed by atoms with Crippen molar-refractivity contribution in [1.82, 2.24) is 14.8 Å². The third-order valence-corrected chi connectivity index (χ3v) is 5.65. The van der Waals surface area contributed by atoms with Crippen molar-refractivity contribution in [1.29, 1.82) is 0 Å². The number of aryl methyl sites for hydroxylation is 1. The summed E-state index contributed by atoms with van der Waals surface area (Å²) in [4.78, 5) is 31.9. The Labute approximate surface area is 181 Å². The number of hydrogen-bond acceptors (Lipinski definition) is 4. The van der Waals surface area contributed by atoms with E-state index in [-0.39, 0.29) is 16.3 Å². The minimum atomic E-state index is -0.469. The number of carbonyl (C=O) groups is 2. The smallest absolute Gasteiger partial charge is 0.267 e. The second-order valence-corrected chi connectivity index (χ2v) is 7.86. The van der Waals surface area contributed by atoms with Crippen LogP contribution in [0.25, 0.3) is 11.0 Å². The first kappa shape index (κ1) is 18.8. The minimum absolute atomic E-state index is 0.220. The summed E-state index contributed by atoms with van der Waals surface area (Å²) >= 11 is 12.2. The van der Waals surface area contributed by atoms with Gasteiger partial charge in [-0.25, -0.2) is 14.6 Å². The summed E-state index contributed by atoms with van der Waals surface area (Å²) in [6.45, 7) is 2.31. The van der Waals surface area contributed by atoms with E-state index in [1.165, 1.54) is 12.3 Å². The third kappa shape index (κ3) is 2.80. The lowest BCUT2D eigenvalue weighted by atomic mass is 10.1. The van der Waals surface area contributed by atoms with Crippen LogP contribution in [0.5, 0.6) is 0 Å². The van der Waals surface area contributed by atoms with Gasteiger partial charge in [0, 0.05) is 11.2 Å². The lowest BCUT2D eigenvalue weighted by Crippen LogP contribution is -2.29. The molecule has 0 atom stereocenters. The van der Waals surface area contributed by atoms with Crippen molar-refractivity contribution in [3.05, 3.63) is 87.2 Å². The average Bonchev–Trinajstić information content (AvgIpc) is 3.17. The van der Waals surface area contributed by atoms with E-state index in [4.69, 9.17) is 23.2 Å². The molecule has 1 aliphatic heterocycles. The Morgan fingerprint density at radius 3 is 2.50 bits per heavy atom. The Kier molecular flexibility index (Phi) is 4.34. The number of anilines is 1. The molecule has 3 heterocycles. The Balaban J connectivity index is 1.65. The SMILES string of the molecule is Cc1nn(Cc2ccccc2)c2ncc3c(c12)C(=O)N(c1ccc(Cl)cc1Cl)C3=O. The summed E-state index contributed by atoms with van der Waals surface area (Å²) in [5.74, 6) is -0.919. The van der Waals surface area contributed by atoms with Crippen molar-refractivity contribution >= 4 is 51.7 Å². The van der Waals surface area contributed by atoms with Crippen LogP contribution in [0.3, 0.4) is 0 Å². The average molecular weight is 437 g/mol. The van der Waals surface area contributed by atoms with Crippen LogP contribution in [0, 0.1) is 6.92 Å². The summed E-state index contributed by atoms with van der Waals surface area (Å²) in [5.41, 5.74) is 3.07. The molecule has 30 heavy (non-hydrogen) atoms. The zero-order valence-electron chi connectivity index (χ0n) is 15.8. The van der Waals surface area contributed by atoms with Crippen molar-refractivity contribution in [2.45, 2.75) is 13.5 Å². The molecule has 5 rings (SSSR count). The number of carbonyl (C=O) groups excluding carboxylic acids is 2. The molecule has 8 heteroatoms. The molecular weight excluding hydrogens is 423 g/mol. The molecule has 148 valence electrons. The monoisotopic (exact) mass is 436 g/mol. The molecule has 0 N–H and O–H groups in total. The molecule has 2 aromatic carbocycles. The number of nitrogens with zero attached hydrogens (tertiary/aromatic N) is 4. The number of rotatable bonds is 3. The number of fused-ring (bicyclic) bond motifs is 3. The number of aromatic nitrogens is 3. The van der Waals surface area contributed by atoms with Crippen LogP contribution in [-0.2, 0) is 6.54 Å². The van der Waals surface area contributed by atoms with Gasteiger partial charge in [0.1, 0.15) is 0 Å². The summed E-state index contributed by atoms with van der Waals surface area (Å²) in [6.07, 6.45) is 1.43. The van der Waals surface area contributed by atoms with Gasteiger partial charge in [-0.2, -0.15) is 5.10 Å². The highest BCUT2D eigenvalue weighted by atomic mass is 35.5. The van der Waals surface area contributed by atoms with Gasteiger partial charge in [0.25, 0.3) is 11.8 Å². The first-order valence-corrected chi connectivity index (χ1v) is 9.95. The predicted octanol–water partition coefficient (Wildman–Crippen LogP) is 4.90. The molecule has 4 aromatic rings. The van der Waals surface area contributed by atoms with Gasteiger partial charge in [-0.1, -0.05) is 53.5 Å². The van der Waals surface area contributed by atoms with Crippen molar-refractivity contribution in [3.63, 3.8) is 0 Å². The molecule has 0 saturated heterocycles. The normalized spacial score (nSPS) is 13.4. The van der Waals surface area contributed by atoms with Gasteiger partial charge in [0.15, 0.2) is 5.65 Å². The van der Waals surface area contributed by atoms with Crippen LogP contribution in [-0.4, -0.2) is 26.6 Å². The summed E-state index contributed by atoms with van der Waals surface area (Å²) in [6, 6.07) is 14.5. The van der Waals surface area contributed by atoms with E-state index in [0.717, 1.165) is 10.5 Å². The van der Waals surface area contributed by atoms with Crippen LogP contribution < -0.4 is 4.90 Å². The standard InChI is InChI=1S/C22H14Cl2N4O2/c1-12-18-19-15(10-25-20(18)27(26-12)11-13-5-3-2-4-6-13)21(29)28(22(19)30)17-8-7-14(23)9-16(17)24/h2-10H,11H2,1H3. The lowest BCUT2D eigenvalue weighted by molar-refractivity contribution is 0.0926. The molecule has 6 nitrogen and oxygen atoms in total. The fraction of sp³-hybridized carbons (Fsp3) is 0.0909. The van der Waals surface area contributed by atoms with Gasteiger partial charge < -0.3 is 0 Å². The molecular formula is C22H14Cl2N4O2. The molecule has 0 aliphatic carbocycles. The molecule has 0 fully saturated rings. The maximum Gasteiger partial charge on any atom is 0.267 e. The van der Waals surface area contributed by atoms with Crippen molar-refractivity contribution < 1.29 is 9.59 Å². The fourth-order valence-electron chi connectivity index (χ4n) is 3.77. The highest BCUT2D eigenvalue weighted by Crippen LogP contribution is 2.37. The summed E-state index contributed by atoms with van der Waals surface area (Å²) < 4.78 is 1.75. The topological polar surface area (TPSA) is 68.1 Å². The van der Waals surface area contributed by atoms with Crippen molar-refractivity contribution in [3.8, 4) is 0 Å². The van der Waals surface area contributed by atoms with E-state index in [2.05, 4.69) is 10.1 Å².